The molecule has 0 aliphatic carbocycles. The number of anilines is 1. The SMILES string of the molecule is CCS(=O)(=O)c1ccccc1N1CCN(Cc2nccn2C)CC1. The van der Waals surface area contributed by atoms with Gasteiger partial charge in [-0.1, -0.05) is 19.1 Å². The highest BCUT2D eigenvalue weighted by atomic mass is 32.2. The smallest absolute Gasteiger partial charge is 0.180 e. The van der Waals surface area contributed by atoms with Gasteiger partial charge in [-0.3, -0.25) is 4.90 Å². The van der Waals surface area contributed by atoms with E-state index in [0.717, 1.165) is 44.2 Å². The number of hydrogen-bond donors (Lipinski definition) is 0. The van der Waals surface area contributed by atoms with E-state index >= 15 is 0 Å². The Morgan fingerprint density at radius 3 is 2.46 bits per heavy atom. The standard InChI is InChI=1S/C17H24N4O2S/c1-3-24(22,23)16-7-5-4-6-15(16)21-12-10-20(11-13-21)14-17-18-8-9-19(17)2/h4-9H,3,10-14H2,1-2H3. The quantitative estimate of drug-likeness (QED) is 0.820. The van der Waals surface area contributed by atoms with Crippen LogP contribution < -0.4 is 4.90 Å². The van der Waals surface area contributed by atoms with Crippen LogP contribution in [0.25, 0.3) is 0 Å². The van der Waals surface area contributed by atoms with Gasteiger partial charge in [0, 0.05) is 45.6 Å². The molecule has 0 N–H and O–H groups in total. The number of piperazine rings is 1. The Bertz CT molecular complexity index is 792. The van der Waals surface area contributed by atoms with Crippen molar-refractivity contribution in [3.8, 4) is 0 Å². The molecule has 130 valence electrons. The van der Waals surface area contributed by atoms with Crippen molar-refractivity contribution in [2.45, 2.75) is 18.4 Å². The van der Waals surface area contributed by atoms with Crippen molar-refractivity contribution in [2.24, 2.45) is 7.05 Å². The topological polar surface area (TPSA) is 58.4 Å². The number of nitrogens with zero attached hydrogens (tertiary/aromatic N) is 4. The van der Waals surface area contributed by atoms with Crippen LogP contribution in [-0.2, 0) is 23.4 Å². The maximum atomic E-state index is 12.3. The summed E-state index contributed by atoms with van der Waals surface area (Å²) in [5.74, 6) is 1.18. The number of rotatable bonds is 5. The largest absolute Gasteiger partial charge is 0.368 e. The maximum absolute atomic E-state index is 12.3. The average Bonchev–Trinajstić information content (AvgIpc) is 3.00. The summed E-state index contributed by atoms with van der Waals surface area (Å²) in [6.07, 6.45) is 3.77. The maximum Gasteiger partial charge on any atom is 0.180 e. The highest BCUT2D eigenvalue weighted by Crippen LogP contribution is 2.27. The fourth-order valence-electron chi connectivity index (χ4n) is 3.03. The molecule has 0 radical (unpaired) electrons. The van der Waals surface area contributed by atoms with Crippen molar-refractivity contribution < 1.29 is 8.42 Å². The minimum atomic E-state index is -3.21. The van der Waals surface area contributed by atoms with Crippen LogP contribution in [0.3, 0.4) is 0 Å². The second-order valence-corrected chi connectivity index (χ2v) is 8.34. The number of hydrogen-bond acceptors (Lipinski definition) is 5. The van der Waals surface area contributed by atoms with E-state index in [0.29, 0.717) is 4.90 Å². The molecule has 2 heterocycles. The zero-order valence-electron chi connectivity index (χ0n) is 14.2. The lowest BCUT2D eigenvalue weighted by atomic mass is 10.2. The molecule has 3 rings (SSSR count). The minimum Gasteiger partial charge on any atom is -0.368 e. The Hall–Kier alpha value is -1.86. The first-order valence-corrected chi connectivity index (χ1v) is 9.92. The fourth-order valence-corrected chi connectivity index (χ4v) is 4.15. The lowest BCUT2D eigenvalue weighted by molar-refractivity contribution is 0.241. The molecule has 7 heteroatoms. The molecule has 0 unspecified atom stereocenters. The number of benzene rings is 1. The lowest BCUT2D eigenvalue weighted by Crippen LogP contribution is -2.46. The van der Waals surface area contributed by atoms with Gasteiger partial charge >= 0.3 is 0 Å². The Morgan fingerprint density at radius 1 is 1.12 bits per heavy atom. The molecule has 1 aliphatic rings. The molecule has 6 nitrogen and oxygen atoms in total. The van der Waals surface area contributed by atoms with Crippen molar-refractivity contribution in [1.82, 2.24) is 14.5 Å². The number of sulfone groups is 1. The molecule has 2 aromatic rings. The van der Waals surface area contributed by atoms with Crippen LogP contribution in [0.4, 0.5) is 5.69 Å². The molecule has 0 saturated carbocycles. The summed E-state index contributed by atoms with van der Waals surface area (Å²) in [7, 11) is -1.20. The van der Waals surface area contributed by atoms with E-state index in [1.807, 2.05) is 36.1 Å². The Kier molecular flexibility index (Phi) is 4.91. The van der Waals surface area contributed by atoms with Crippen molar-refractivity contribution in [3.63, 3.8) is 0 Å². The van der Waals surface area contributed by atoms with Gasteiger partial charge in [-0.15, -0.1) is 0 Å². The Labute approximate surface area is 143 Å². The van der Waals surface area contributed by atoms with Crippen LogP contribution in [-0.4, -0.2) is 54.8 Å². The van der Waals surface area contributed by atoms with Gasteiger partial charge in [-0.2, -0.15) is 0 Å². The highest BCUT2D eigenvalue weighted by Gasteiger charge is 2.23. The summed E-state index contributed by atoms with van der Waals surface area (Å²) in [6, 6.07) is 7.33. The first kappa shape index (κ1) is 17.0. The fraction of sp³-hybridized carbons (Fsp3) is 0.471. The number of aryl methyl sites for hydroxylation is 1. The normalized spacial score (nSPS) is 16.5. The van der Waals surface area contributed by atoms with Gasteiger partial charge < -0.3 is 9.47 Å². The third kappa shape index (κ3) is 3.47. The molecule has 0 atom stereocenters. The summed E-state index contributed by atoms with van der Waals surface area (Å²) >= 11 is 0. The van der Waals surface area contributed by atoms with Gasteiger partial charge in [0.05, 0.1) is 22.9 Å². The summed E-state index contributed by atoms with van der Waals surface area (Å²) in [5, 5.41) is 0. The zero-order valence-corrected chi connectivity index (χ0v) is 15.0. The van der Waals surface area contributed by atoms with Crippen LogP contribution in [0.5, 0.6) is 0 Å². The van der Waals surface area contributed by atoms with Crippen molar-refractivity contribution in [3.05, 3.63) is 42.5 Å². The second kappa shape index (κ2) is 6.94. The van der Waals surface area contributed by atoms with Crippen LogP contribution in [0.2, 0.25) is 0 Å². The number of para-hydroxylation sites is 1. The Morgan fingerprint density at radius 2 is 1.83 bits per heavy atom. The Balaban J connectivity index is 1.70. The van der Waals surface area contributed by atoms with E-state index in [1.165, 1.54) is 0 Å². The van der Waals surface area contributed by atoms with Gasteiger partial charge in [0.25, 0.3) is 0 Å². The molecular formula is C17H24N4O2S. The van der Waals surface area contributed by atoms with E-state index in [2.05, 4.69) is 14.8 Å². The van der Waals surface area contributed by atoms with Crippen molar-refractivity contribution in [2.75, 3.05) is 36.8 Å². The van der Waals surface area contributed by atoms with Gasteiger partial charge in [-0.25, -0.2) is 13.4 Å². The molecule has 1 aliphatic heterocycles. The molecule has 24 heavy (non-hydrogen) atoms. The van der Waals surface area contributed by atoms with Crippen molar-refractivity contribution >= 4 is 15.5 Å². The third-order valence-corrected chi connectivity index (χ3v) is 6.35. The summed E-state index contributed by atoms with van der Waals surface area (Å²) in [6.45, 7) is 5.95. The third-order valence-electron chi connectivity index (χ3n) is 4.58. The van der Waals surface area contributed by atoms with Gasteiger partial charge in [0.2, 0.25) is 0 Å². The summed E-state index contributed by atoms with van der Waals surface area (Å²) in [4.78, 5) is 9.36. The monoisotopic (exact) mass is 348 g/mol. The van der Waals surface area contributed by atoms with Crippen molar-refractivity contribution in [1.29, 1.82) is 0 Å². The minimum absolute atomic E-state index is 0.128. The first-order valence-electron chi connectivity index (χ1n) is 8.26. The second-order valence-electron chi connectivity index (χ2n) is 6.09. The summed E-state index contributed by atoms with van der Waals surface area (Å²) < 4.78 is 26.7. The molecule has 0 spiro atoms. The van der Waals surface area contributed by atoms with Crippen LogP contribution in [0.1, 0.15) is 12.7 Å². The van der Waals surface area contributed by atoms with Gasteiger partial charge in [0.1, 0.15) is 5.82 Å². The van der Waals surface area contributed by atoms with E-state index in [4.69, 9.17) is 0 Å². The zero-order chi connectivity index (χ0) is 17.2. The van der Waals surface area contributed by atoms with Crippen LogP contribution >= 0.6 is 0 Å². The molecule has 1 aromatic heterocycles. The lowest BCUT2D eigenvalue weighted by Gasteiger charge is -2.36. The number of aromatic nitrogens is 2. The molecule has 0 amide bonds. The van der Waals surface area contributed by atoms with E-state index in [1.54, 1.807) is 19.1 Å². The number of imidazole rings is 1. The molecule has 1 fully saturated rings. The average molecular weight is 348 g/mol. The van der Waals surface area contributed by atoms with Gasteiger partial charge in [-0.05, 0) is 12.1 Å². The predicted molar refractivity (Wildman–Crippen MR) is 94.9 cm³/mol. The van der Waals surface area contributed by atoms with Gasteiger partial charge in [0.15, 0.2) is 9.84 Å². The molecule has 0 bridgehead atoms. The van der Waals surface area contributed by atoms with E-state index < -0.39 is 9.84 Å². The highest BCUT2D eigenvalue weighted by molar-refractivity contribution is 7.91. The van der Waals surface area contributed by atoms with Crippen LogP contribution in [0, 0.1) is 0 Å². The molecule has 1 saturated heterocycles. The summed E-state index contributed by atoms with van der Waals surface area (Å²) in [5.41, 5.74) is 0.830. The van der Waals surface area contributed by atoms with E-state index in [-0.39, 0.29) is 5.75 Å². The first-order chi connectivity index (χ1) is 11.5. The molecule has 1 aromatic carbocycles. The molecular weight excluding hydrogens is 324 g/mol. The predicted octanol–water partition coefficient (Wildman–Crippen LogP) is 1.54. The van der Waals surface area contributed by atoms with E-state index in [9.17, 15) is 8.42 Å². The van der Waals surface area contributed by atoms with Crippen LogP contribution in [0.15, 0.2) is 41.6 Å².